The van der Waals surface area contributed by atoms with Gasteiger partial charge in [-0.3, -0.25) is 4.79 Å². The van der Waals surface area contributed by atoms with Crippen molar-refractivity contribution in [1.82, 2.24) is 5.32 Å². The quantitative estimate of drug-likeness (QED) is 0.381. The van der Waals surface area contributed by atoms with Crippen molar-refractivity contribution >= 4 is 5.91 Å². The Morgan fingerprint density at radius 1 is 1.33 bits per heavy atom. The minimum atomic E-state index is -0.0212. The van der Waals surface area contributed by atoms with Crippen LogP contribution in [0, 0.1) is 11.3 Å². The summed E-state index contributed by atoms with van der Waals surface area (Å²) in [5.74, 6) is 0.351. The van der Waals surface area contributed by atoms with Gasteiger partial charge in [0, 0.05) is 17.5 Å². The molecule has 1 aliphatic rings. The maximum Gasteiger partial charge on any atom is 0.251 e. The van der Waals surface area contributed by atoms with Gasteiger partial charge in [-0.25, -0.2) is 0 Å². The standard InChI is InChI=1S/C21H33NO2/c1-7-10-18(11-8-2)21(14-24-15-21)13-22-20(23)19(16(4)5)12-17(6)9-3/h7-8,11-12,18H,1,9-10,13-15H2,2-6H3,(H,22,23)/b11-8-,17-12+. The first kappa shape index (κ1) is 20.4. The zero-order valence-corrected chi connectivity index (χ0v) is 15.9. The SMILES string of the molecule is C=CCC(/C=C\C)C1(CNC(=O)C(/C=C(\C)CC)=C(C)C)COC1. The molecule has 0 aromatic heterocycles. The van der Waals surface area contributed by atoms with Crippen LogP contribution >= 0.6 is 0 Å². The normalized spacial score (nSPS) is 18.0. The summed E-state index contributed by atoms with van der Waals surface area (Å²) in [6.45, 7) is 16.0. The Kier molecular flexibility index (Phi) is 8.20. The first-order valence-corrected chi connectivity index (χ1v) is 8.84. The highest BCUT2D eigenvalue weighted by Crippen LogP contribution is 2.38. The molecule has 1 atom stereocenters. The number of allylic oxidation sites excluding steroid dienone is 5. The van der Waals surface area contributed by atoms with Crippen LogP contribution in [0.2, 0.25) is 0 Å². The van der Waals surface area contributed by atoms with Crippen molar-refractivity contribution in [3.05, 3.63) is 47.6 Å². The number of nitrogens with one attached hydrogen (secondary N) is 1. The van der Waals surface area contributed by atoms with Gasteiger partial charge in [0.1, 0.15) is 0 Å². The van der Waals surface area contributed by atoms with Gasteiger partial charge >= 0.3 is 0 Å². The van der Waals surface area contributed by atoms with Crippen LogP contribution in [0.4, 0.5) is 0 Å². The molecule has 3 heteroatoms. The van der Waals surface area contributed by atoms with Gasteiger partial charge in [-0.05, 0) is 46.5 Å². The lowest BCUT2D eigenvalue weighted by Crippen LogP contribution is -2.55. The molecule has 24 heavy (non-hydrogen) atoms. The molecule has 0 radical (unpaired) electrons. The van der Waals surface area contributed by atoms with Gasteiger partial charge in [0.15, 0.2) is 0 Å². The number of hydrogen-bond donors (Lipinski definition) is 1. The van der Waals surface area contributed by atoms with Gasteiger partial charge in [-0.15, -0.1) is 6.58 Å². The first-order valence-electron chi connectivity index (χ1n) is 8.84. The summed E-state index contributed by atoms with van der Waals surface area (Å²) < 4.78 is 5.49. The molecule has 1 fully saturated rings. The van der Waals surface area contributed by atoms with Crippen molar-refractivity contribution in [2.75, 3.05) is 19.8 Å². The Bertz CT molecular complexity index is 532. The largest absolute Gasteiger partial charge is 0.380 e. The molecule has 0 saturated carbocycles. The van der Waals surface area contributed by atoms with Crippen LogP contribution in [-0.4, -0.2) is 25.7 Å². The number of carbonyl (C=O) groups excluding carboxylic acids is 1. The maximum absolute atomic E-state index is 12.7. The third kappa shape index (κ3) is 5.20. The molecule has 1 N–H and O–H groups in total. The van der Waals surface area contributed by atoms with Crippen molar-refractivity contribution in [2.45, 2.75) is 47.5 Å². The van der Waals surface area contributed by atoms with E-state index < -0.39 is 0 Å². The first-order chi connectivity index (χ1) is 11.4. The van der Waals surface area contributed by atoms with Crippen molar-refractivity contribution in [1.29, 1.82) is 0 Å². The third-order valence-corrected chi connectivity index (χ3v) is 4.74. The fourth-order valence-corrected chi connectivity index (χ4v) is 2.89. The Morgan fingerprint density at radius 2 is 2.00 bits per heavy atom. The summed E-state index contributed by atoms with van der Waals surface area (Å²) >= 11 is 0. The highest BCUT2D eigenvalue weighted by Gasteiger charge is 2.44. The number of carbonyl (C=O) groups is 1. The molecular formula is C21H33NO2. The molecule has 0 aliphatic carbocycles. The van der Waals surface area contributed by atoms with E-state index in [1.807, 2.05) is 32.9 Å². The van der Waals surface area contributed by atoms with Crippen molar-refractivity contribution in [2.24, 2.45) is 11.3 Å². The predicted molar refractivity (Wildman–Crippen MR) is 102 cm³/mol. The van der Waals surface area contributed by atoms with Crippen LogP contribution in [0.5, 0.6) is 0 Å². The lowest BCUT2D eigenvalue weighted by atomic mass is 9.71. The minimum Gasteiger partial charge on any atom is -0.380 e. The molecule has 0 aromatic rings. The Balaban J connectivity index is 2.86. The van der Waals surface area contributed by atoms with Gasteiger partial charge in [-0.1, -0.05) is 42.4 Å². The predicted octanol–water partition coefficient (Wildman–Crippen LogP) is 4.58. The second-order valence-electron chi connectivity index (χ2n) is 6.95. The van der Waals surface area contributed by atoms with Crippen molar-refractivity contribution in [3.63, 3.8) is 0 Å². The summed E-state index contributed by atoms with van der Waals surface area (Å²) in [4.78, 5) is 12.7. The molecule has 0 bridgehead atoms. The number of hydrogen-bond acceptors (Lipinski definition) is 2. The van der Waals surface area contributed by atoms with E-state index in [1.165, 1.54) is 5.57 Å². The molecule has 1 rings (SSSR count). The summed E-state index contributed by atoms with van der Waals surface area (Å²) in [5, 5.41) is 3.14. The maximum atomic E-state index is 12.7. The van der Waals surface area contributed by atoms with E-state index >= 15 is 0 Å². The van der Waals surface area contributed by atoms with E-state index in [2.05, 4.69) is 37.9 Å². The van der Waals surface area contributed by atoms with Crippen LogP contribution in [0.3, 0.4) is 0 Å². The Hall–Kier alpha value is -1.61. The van der Waals surface area contributed by atoms with E-state index in [9.17, 15) is 4.79 Å². The average Bonchev–Trinajstić information content (AvgIpc) is 2.51. The van der Waals surface area contributed by atoms with Crippen LogP contribution in [0.1, 0.15) is 47.5 Å². The van der Waals surface area contributed by atoms with Gasteiger partial charge in [0.2, 0.25) is 0 Å². The van der Waals surface area contributed by atoms with Crippen LogP contribution in [0.25, 0.3) is 0 Å². The van der Waals surface area contributed by atoms with E-state index in [0.717, 1.165) is 24.0 Å². The fraction of sp³-hybridized carbons (Fsp3) is 0.571. The monoisotopic (exact) mass is 331 g/mol. The molecule has 3 nitrogen and oxygen atoms in total. The lowest BCUT2D eigenvalue weighted by Gasteiger charge is -2.46. The summed E-state index contributed by atoms with van der Waals surface area (Å²) in [7, 11) is 0. The zero-order chi connectivity index (χ0) is 18.2. The Morgan fingerprint density at radius 3 is 2.42 bits per heavy atom. The van der Waals surface area contributed by atoms with Crippen LogP contribution < -0.4 is 5.32 Å². The number of amides is 1. The van der Waals surface area contributed by atoms with Gasteiger partial charge in [0.25, 0.3) is 5.91 Å². The number of rotatable bonds is 9. The molecule has 1 aliphatic heterocycles. The highest BCUT2D eigenvalue weighted by molar-refractivity contribution is 5.97. The third-order valence-electron chi connectivity index (χ3n) is 4.74. The van der Waals surface area contributed by atoms with E-state index in [1.54, 1.807) is 0 Å². The van der Waals surface area contributed by atoms with Gasteiger partial charge in [-0.2, -0.15) is 0 Å². The molecule has 1 heterocycles. The molecular weight excluding hydrogens is 298 g/mol. The smallest absolute Gasteiger partial charge is 0.251 e. The molecule has 1 unspecified atom stereocenters. The minimum absolute atomic E-state index is 0.00639. The van der Waals surface area contributed by atoms with E-state index in [4.69, 9.17) is 4.74 Å². The second kappa shape index (κ2) is 9.63. The molecule has 0 aromatic carbocycles. The summed E-state index contributed by atoms with van der Waals surface area (Å²) in [6, 6.07) is 0. The van der Waals surface area contributed by atoms with Crippen molar-refractivity contribution < 1.29 is 9.53 Å². The van der Waals surface area contributed by atoms with Gasteiger partial charge in [0.05, 0.1) is 13.2 Å². The molecule has 1 saturated heterocycles. The zero-order valence-electron chi connectivity index (χ0n) is 15.9. The van der Waals surface area contributed by atoms with E-state index in [0.29, 0.717) is 25.7 Å². The van der Waals surface area contributed by atoms with Crippen molar-refractivity contribution in [3.8, 4) is 0 Å². The van der Waals surface area contributed by atoms with E-state index in [-0.39, 0.29) is 11.3 Å². The highest BCUT2D eigenvalue weighted by atomic mass is 16.5. The Labute approximate surface area is 147 Å². The van der Waals surface area contributed by atoms with Gasteiger partial charge < -0.3 is 10.1 Å². The van der Waals surface area contributed by atoms with Crippen LogP contribution in [-0.2, 0) is 9.53 Å². The average molecular weight is 332 g/mol. The number of ether oxygens (including phenoxy) is 1. The lowest BCUT2D eigenvalue weighted by molar-refractivity contribution is -0.139. The molecule has 0 spiro atoms. The topological polar surface area (TPSA) is 38.3 Å². The summed E-state index contributed by atoms with van der Waals surface area (Å²) in [6.07, 6.45) is 10.1. The second-order valence-corrected chi connectivity index (χ2v) is 6.95. The summed E-state index contributed by atoms with van der Waals surface area (Å²) in [5.41, 5.74) is 3.00. The van der Waals surface area contributed by atoms with Crippen LogP contribution in [0.15, 0.2) is 47.6 Å². The molecule has 134 valence electrons. The molecule has 1 amide bonds. The fourth-order valence-electron chi connectivity index (χ4n) is 2.89.